The van der Waals surface area contributed by atoms with Gasteiger partial charge in [0.05, 0.1) is 4.92 Å². The third-order valence-electron chi connectivity index (χ3n) is 3.02. The maximum atomic E-state index is 12.2. The van der Waals surface area contributed by atoms with Gasteiger partial charge in [0, 0.05) is 28.1 Å². The number of Topliss-reactive ketones (excluding diaryl/α,β-unsaturated/α-hetero) is 1. The third-order valence-corrected chi connectivity index (χ3v) is 3.91. The number of nitro benzene ring substituents is 1. The van der Waals surface area contributed by atoms with E-state index in [-0.39, 0.29) is 17.9 Å². The lowest BCUT2D eigenvalue weighted by molar-refractivity contribution is -0.385. The van der Waals surface area contributed by atoms with Crippen LogP contribution in [0.25, 0.3) is 0 Å². The lowest BCUT2D eigenvalue weighted by Crippen LogP contribution is -2.06. The van der Waals surface area contributed by atoms with Crippen molar-refractivity contribution >= 4 is 27.4 Å². The van der Waals surface area contributed by atoms with Gasteiger partial charge in [-0.2, -0.15) is 0 Å². The Morgan fingerprint density at radius 3 is 2.60 bits per heavy atom. The lowest BCUT2D eigenvalue weighted by Gasteiger charge is -2.05. The standard InChI is InChI=1S/C15H12BrNO3/c1-10-8-12(6-7-13(10)16)15(18)9-11-4-2-3-5-14(11)17(19)20/h2-8H,9H2,1H3. The van der Waals surface area contributed by atoms with Crippen molar-refractivity contribution in [3.63, 3.8) is 0 Å². The van der Waals surface area contributed by atoms with Gasteiger partial charge >= 0.3 is 0 Å². The Labute approximate surface area is 124 Å². The summed E-state index contributed by atoms with van der Waals surface area (Å²) in [6.45, 7) is 1.89. The first kappa shape index (κ1) is 14.4. The van der Waals surface area contributed by atoms with E-state index in [1.54, 1.807) is 30.3 Å². The van der Waals surface area contributed by atoms with E-state index in [2.05, 4.69) is 15.9 Å². The number of rotatable bonds is 4. The zero-order chi connectivity index (χ0) is 14.7. The predicted octanol–water partition coefficient (Wildman–Crippen LogP) is 4.09. The van der Waals surface area contributed by atoms with Crippen LogP contribution < -0.4 is 0 Å². The SMILES string of the molecule is Cc1cc(C(=O)Cc2ccccc2[N+](=O)[O-])ccc1Br. The molecular formula is C15H12BrNO3. The number of carbonyl (C=O) groups excluding carboxylic acids is 1. The van der Waals surface area contributed by atoms with Gasteiger partial charge in [0.2, 0.25) is 0 Å². The summed E-state index contributed by atoms with van der Waals surface area (Å²) in [5.41, 5.74) is 1.93. The van der Waals surface area contributed by atoms with Crippen LogP contribution in [0.4, 0.5) is 5.69 Å². The minimum absolute atomic E-state index is 0.0188. The molecule has 4 nitrogen and oxygen atoms in total. The van der Waals surface area contributed by atoms with Crippen LogP contribution in [-0.4, -0.2) is 10.7 Å². The Hall–Kier alpha value is -2.01. The molecule has 0 radical (unpaired) electrons. The summed E-state index contributed by atoms with van der Waals surface area (Å²) in [5.74, 6) is -0.130. The molecule has 0 spiro atoms. The van der Waals surface area contributed by atoms with Crippen molar-refractivity contribution in [2.45, 2.75) is 13.3 Å². The number of nitrogens with zero attached hydrogens (tertiary/aromatic N) is 1. The van der Waals surface area contributed by atoms with Crippen LogP contribution >= 0.6 is 15.9 Å². The molecule has 20 heavy (non-hydrogen) atoms. The molecule has 0 N–H and O–H groups in total. The van der Waals surface area contributed by atoms with E-state index in [0.29, 0.717) is 11.1 Å². The summed E-state index contributed by atoms with van der Waals surface area (Å²) in [7, 11) is 0. The number of hydrogen-bond acceptors (Lipinski definition) is 3. The number of ketones is 1. The van der Waals surface area contributed by atoms with Crippen molar-refractivity contribution < 1.29 is 9.72 Å². The fraction of sp³-hybridized carbons (Fsp3) is 0.133. The molecule has 0 heterocycles. The highest BCUT2D eigenvalue weighted by atomic mass is 79.9. The van der Waals surface area contributed by atoms with E-state index in [0.717, 1.165) is 10.0 Å². The first-order valence-corrected chi connectivity index (χ1v) is 6.80. The monoisotopic (exact) mass is 333 g/mol. The predicted molar refractivity (Wildman–Crippen MR) is 80.0 cm³/mol. The number of aryl methyl sites for hydroxylation is 1. The molecule has 0 aliphatic heterocycles. The molecule has 102 valence electrons. The lowest BCUT2D eigenvalue weighted by atomic mass is 10.0. The summed E-state index contributed by atoms with van der Waals surface area (Å²) in [4.78, 5) is 22.7. The summed E-state index contributed by atoms with van der Waals surface area (Å²) >= 11 is 3.38. The second kappa shape index (κ2) is 5.96. The van der Waals surface area contributed by atoms with E-state index < -0.39 is 4.92 Å². The van der Waals surface area contributed by atoms with E-state index >= 15 is 0 Å². The Kier molecular flexibility index (Phi) is 4.29. The Morgan fingerprint density at radius 1 is 1.25 bits per heavy atom. The van der Waals surface area contributed by atoms with Gasteiger partial charge in [-0.1, -0.05) is 40.2 Å². The highest BCUT2D eigenvalue weighted by Gasteiger charge is 2.16. The van der Waals surface area contributed by atoms with Gasteiger partial charge in [0.25, 0.3) is 5.69 Å². The van der Waals surface area contributed by atoms with E-state index in [1.165, 1.54) is 6.07 Å². The average Bonchev–Trinajstić information content (AvgIpc) is 2.42. The smallest absolute Gasteiger partial charge is 0.273 e. The van der Waals surface area contributed by atoms with Crippen LogP contribution in [-0.2, 0) is 6.42 Å². The molecule has 2 aromatic carbocycles. The molecule has 0 saturated carbocycles. The van der Waals surface area contributed by atoms with E-state index in [9.17, 15) is 14.9 Å². The molecule has 0 saturated heterocycles. The zero-order valence-corrected chi connectivity index (χ0v) is 12.4. The van der Waals surface area contributed by atoms with Gasteiger partial charge < -0.3 is 0 Å². The topological polar surface area (TPSA) is 60.2 Å². The van der Waals surface area contributed by atoms with Crippen LogP contribution in [0.3, 0.4) is 0 Å². The minimum Gasteiger partial charge on any atom is -0.294 e. The number of carbonyl (C=O) groups is 1. The van der Waals surface area contributed by atoms with Crippen LogP contribution in [0, 0.1) is 17.0 Å². The zero-order valence-electron chi connectivity index (χ0n) is 10.8. The second-order valence-corrected chi connectivity index (χ2v) is 5.30. The van der Waals surface area contributed by atoms with Crippen molar-refractivity contribution in [3.8, 4) is 0 Å². The van der Waals surface area contributed by atoms with Crippen molar-refractivity contribution in [2.24, 2.45) is 0 Å². The highest BCUT2D eigenvalue weighted by molar-refractivity contribution is 9.10. The highest BCUT2D eigenvalue weighted by Crippen LogP contribution is 2.22. The number of benzene rings is 2. The Morgan fingerprint density at radius 2 is 1.95 bits per heavy atom. The first-order valence-electron chi connectivity index (χ1n) is 6.00. The van der Waals surface area contributed by atoms with Crippen LogP contribution in [0.1, 0.15) is 21.5 Å². The van der Waals surface area contributed by atoms with E-state index in [1.807, 2.05) is 13.0 Å². The van der Waals surface area contributed by atoms with Gasteiger partial charge in [-0.05, 0) is 24.6 Å². The molecule has 0 aliphatic carbocycles. The molecule has 0 unspecified atom stereocenters. The molecular weight excluding hydrogens is 322 g/mol. The molecule has 0 amide bonds. The molecule has 2 aromatic rings. The minimum atomic E-state index is -0.463. The fourth-order valence-corrected chi connectivity index (χ4v) is 2.18. The first-order chi connectivity index (χ1) is 9.49. The van der Waals surface area contributed by atoms with Crippen molar-refractivity contribution in [2.75, 3.05) is 0 Å². The van der Waals surface area contributed by atoms with Gasteiger partial charge in [-0.3, -0.25) is 14.9 Å². The number of para-hydroxylation sites is 1. The summed E-state index contributed by atoms with van der Waals surface area (Å²) in [6, 6.07) is 11.6. The molecule has 2 rings (SSSR count). The maximum Gasteiger partial charge on any atom is 0.273 e. The van der Waals surface area contributed by atoms with Gasteiger partial charge in [-0.15, -0.1) is 0 Å². The fourth-order valence-electron chi connectivity index (χ4n) is 1.93. The van der Waals surface area contributed by atoms with Crippen LogP contribution in [0.5, 0.6) is 0 Å². The van der Waals surface area contributed by atoms with Crippen LogP contribution in [0.15, 0.2) is 46.9 Å². The molecule has 0 atom stereocenters. The quantitative estimate of drug-likeness (QED) is 0.481. The summed E-state index contributed by atoms with van der Waals surface area (Å²) in [5, 5.41) is 10.9. The maximum absolute atomic E-state index is 12.2. The number of halogens is 1. The molecule has 5 heteroatoms. The van der Waals surface area contributed by atoms with Crippen molar-refractivity contribution in [1.29, 1.82) is 0 Å². The van der Waals surface area contributed by atoms with Gasteiger partial charge in [-0.25, -0.2) is 0 Å². The molecule has 0 aromatic heterocycles. The number of nitro groups is 1. The average molecular weight is 334 g/mol. The summed E-state index contributed by atoms with van der Waals surface area (Å²) in [6.07, 6.45) is 0.0260. The normalized spacial score (nSPS) is 10.3. The molecule has 0 fully saturated rings. The van der Waals surface area contributed by atoms with Gasteiger partial charge in [0.15, 0.2) is 5.78 Å². The summed E-state index contributed by atoms with van der Waals surface area (Å²) < 4.78 is 0.930. The van der Waals surface area contributed by atoms with Crippen LogP contribution in [0.2, 0.25) is 0 Å². The molecule has 0 aliphatic rings. The Balaban J connectivity index is 2.28. The third kappa shape index (κ3) is 3.11. The Bertz CT molecular complexity index is 683. The van der Waals surface area contributed by atoms with Crippen molar-refractivity contribution in [1.82, 2.24) is 0 Å². The molecule has 0 bridgehead atoms. The second-order valence-electron chi connectivity index (χ2n) is 4.45. The van der Waals surface area contributed by atoms with Crippen molar-refractivity contribution in [3.05, 3.63) is 73.7 Å². The van der Waals surface area contributed by atoms with E-state index in [4.69, 9.17) is 0 Å². The number of hydrogen-bond donors (Lipinski definition) is 0. The van der Waals surface area contributed by atoms with Gasteiger partial charge in [0.1, 0.15) is 0 Å². The largest absolute Gasteiger partial charge is 0.294 e.